The van der Waals surface area contributed by atoms with Gasteiger partial charge in [0.2, 0.25) is 6.41 Å². The molecule has 6 nitrogen and oxygen atoms in total. The summed E-state index contributed by atoms with van der Waals surface area (Å²) in [5.74, 6) is 0.904. The number of amides is 1. The van der Waals surface area contributed by atoms with Crippen molar-refractivity contribution in [2.45, 2.75) is 25.5 Å². The lowest BCUT2D eigenvalue weighted by molar-refractivity contribution is -0.105. The van der Waals surface area contributed by atoms with E-state index in [9.17, 15) is 9.90 Å². The van der Waals surface area contributed by atoms with Crippen LogP contribution in [-0.2, 0) is 16.0 Å². The first-order chi connectivity index (χ1) is 12.6. The Balaban J connectivity index is 1.62. The molecular formula is C20H24N2O4. The van der Waals surface area contributed by atoms with Gasteiger partial charge >= 0.3 is 0 Å². The zero-order valence-electron chi connectivity index (χ0n) is 15.0. The molecule has 1 fully saturated rings. The highest BCUT2D eigenvalue weighted by Crippen LogP contribution is 2.32. The molecule has 1 amide bonds. The summed E-state index contributed by atoms with van der Waals surface area (Å²) >= 11 is 0. The van der Waals surface area contributed by atoms with Gasteiger partial charge in [-0.05, 0) is 48.7 Å². The van der Waals surface area contributed by atoms with Crippen molar-refractivity contribution in [3.8, 4) is 11.5 Å². The van der Waals surface area contributed by atoms with Crippen molar-refractivity contribution in [2.24, 2.45) is 0 Å². The van der Waals surface area contributed by atoms with E-state index < -0.39 is 0 Å². The largest absolute Gasteiger partial charge is 0.506 e. The summed E-state index contributed by atoms with van der Waals surface area (Å²) < 4.78 is 11.1. The molecule has 2 aromatic rings. The van der Waals surface area contributed by atoms with Gasteiger partial charge in [-0.3, -0.25) is 9.69 Å². The second-order valence-corrected chi connectivity index (χ2v) is 6.50. The Morgan fingerprint density at radius 3 is 2.81 bits per heavy atom. The lowest BCUT2D eigenvalue weighted by Crippen LogP contribution is -2.32. The number of carbonyl (C=O) groups excluding carboxylic acids is 1. The summed E-state index contributed by atoms with van der Waals surface area (Å²) in [6.45, 7) is 3.51. The SMILES string of the molecule is COc1ccc(C[C@@H](C)N2CO[C@H](c3ccc(O)c(NC=O)c3)C2)cc1. The number of phenols is 1. The van der Waals surface area contributed by atoms with Crippen molar-refractivity contribution >= 4 is 12.1 Å². The van der Waals surface area contributed by atoms with Gasteiger partial charge < -0.3 is 19.9 Å². The van der Waals surface area contributed by atoms with Gasteiger partial charge in [-0.25, -0.2) is 0 Å². The fourth-order valence-electron chi connectivity index (χ4n) is 3.18. The predicted octanol–water partition coefficient (Wildman–Crippen LogP) is 2.93. The number of methoxy groups -OCH3 is 1. The third-order valence-electron chi connectivity index (χ3n) is 4.76. The molecule has 1 heterocycles. The third-order valence-corrected chi connectivity index (χ3v) is 4.76. The summed E-state index contributed by atoms with van der Waals surface area (Å²) in [5.41, 5.74) is 2.58. The number of anilines is 1. The highest BCUT2D eigenvalue weighted by molar-refractivity contribution is 5.75. The van der Waals surface area contributed by atoms with E-state index in [2.05, 4.69) is 29.3 Å². The van der Waals surface area contributed by atoms with Crippen LogP contribution in [-0.4, -0.2) is 42.8 Å². The Bertz CT molecular complexity index is 748. The van der Waals surface area contributed by atoms with Crippen LogP contribution in [0.1, 0.15) is 24.2 Å². The molecule has 1 saturated heterocycles. The highest BCUT2D eigenvalue weighted by Gasteiger charge is 2.28. The minimum atomic E-state index is -0.0823. The Kier molecular flexibility index (Phi) is 5.75. The maximum atomic E-state index is 10.6. The number of benzene rings is 2. The van der Waals surface area contributed by atoms with Gasteiger partial charge in [0.25, 0.3) is 0 Å². The van der Waals surface area contributed by atoms with E-state index in [0.29, 0.717) is 24.9 Å². The van der Waals surface area contributed by atoms with Crippen LogP contribution in [0.5, 0.6) is 11.5 Å². The molecular weight excluding hydrogens is 332 g/mol. The van der Waals surface area contributed by atoms with Crippen LogP contribution >= 0.6 is 0 Å². The number of hydrogen-bond donors (Lipinski definition) is 2. The summed E-state index contributed by atoms with van der Waals surface area (Å²) in [4.78, 5) is 12.9. The van der Waals surface area contributed by atoms with Crippen molar-refractivity contribution in [2.75, 3.05) is 25.7 Å². The molecule has 138 valence electrons. The number of nitrogens with one attached hydrogen (secondary N) is 1. The average Bonchev–Trinajstić information content (AvgIpc) is 3.15. The molecule has 0 unspecified atom stereocenters. The first kappa shape index (κ1) is 18.2. The molecule has 0 aliphatic carbocycles. The molecule has 2 N–H and O–H groups in total. The van der Waals surface area contributed by atoms with Gasteiger partial charge in [-0.1, -0.05) is 18.2 Å². The quantitative estimate of drug-likeness (QED) is 0.590. The molecule has 26 heavy (non-hydrogen) atoms. The van der Waals surface area contributed by atoms with E-state index >= 15 is 0 Å². The van der Waals surface area contributed by atoms with Crippen molar-refractivity contribution in [1.82, 2.24) is 4.90 Å². The minimum absolute atomic E-state index is 0.0450. The normalized spacial score (nSPS) is 18.5. The molecule has 0 aromatic heterocycles. The van der Waals surface area contributed by atoms with Gasteiger partial charge in [0.05, 0.1) is 18.9 Å². The van der Waals surface area contributed by atoms with E-state index in [1.54, 1.807) is 19.2 Å². The first-order valence-corrected chi connectivity index (χ1v) is 8.62. The molecule has 6 heteroatoms. The second-order valence-electron chi connectivity index (χ2n) is 6.50. The van der Waals surface area contributed by atoms with Gasteiger partial charge in [0, 0.05) is 12.6 Å². The summed E-state index contributed by atoms with van der Waals surface area (Å²) in [6, 6.07) is 13.6. The van der Waals surface area contributed by atoms with Crippen LogP contribution in [0.3, 0.4) is 0 Å². The number of aromatic hydroxyl groups is 1. The number of rotatable bonds is 7. The number of phenolic OH excluding ortho intramolecular Hbond substituents is 1. The third kappa shape index (κ3) is 4.15. The molecule has 1 aliphatic heterocycles. The molecule has 1 aliphatic rings. The number of nitrogens with zero attached hydrogens (tertiary/aromatic N) is 1. The fourth-order valence-corrected chi connectivity index (χ4v) is 3.18. The molecule has 2 aromatic carbocycles. The molecule has 0 spiro atoms. The molecule has 0 radical (unpaired) electrons. The number of ether oxygens (including phenoxy) is 2. The van der Waals surface area contributed by atoms with Crippen molar-refractivity contribution in [3.05, 3.63) is 53.6 Å². The number of hydrogen-bond acceptors (Lipinski definition) is 5. The summed E-state index contributed by atoms with van der Waals surface area (Å²) in [7, 11) is 1.67. The van der Waals surface area contributed by atoms with E-state index in [-0.39, 0.29) is 11.9 Å². The van der Waals surface area contributed by atoms with Gasteiger partial charge in [-0.15, -0.1) is 0 Å². The predicted molar refractivity (Wildman–Crippen MR) is 99.4 cm³/mol. The number of carbonyl (C=O) groups is 1. The minimum Gasteiger partial charge on any atom is -0.506 e. The standard InChI is InChI=1S/C20H24N2O4/c1-14(9-15-3-6-17(25-2)7-4-15)22-11-20(26-13-22)16-5-8-19(24)18(10-16)21-12-23/h3-8,10,12,14,20,24H,9,11,13H2,1-2H3,(H,21,23)/t14-,20+/m1/s1. The second kappa shape index (κ2) is 8.21. The van der Waals surface area contributed by atoms with Gasteiger partial charge in [0.1, 0.15) is 18.2 Å². The smallest absolute Gasteiger partial charge is 0.211 e. The first-order valence-electron chi connectivity index (χ1n) is 8.62. The van der Waals surface area contributed by atoms with Crippen LogP contribution < -0.4 is 10.1 Å². The van der Waals surface area contributed by atoms with Crippen LogP contribution in [0.15, 0.2) is 42.5 Å². The summed E-state index contributed by atoms with van der Waals surface area (Å²) in [5, 5.41) is 12.3. The van der Waals surface area contributed by atoms with Crippen LogP contribution in [0.2, 0.25) is 0 Å². The summed E-state index contributed by atoms with van der Waals surface area (Å²) in [6.07, 6.45) is 1.40. The fraction of sp³-hybridized carbons (Fsp3) is 0.350. The zero-order valence-corrected chi connectivity index (χ0v) is 15.0. The Hall–Kier alpha value is -2.57. The maximum absolute atomic E-state index is 10.6. The van der Waals surface area contributed by atoms with Crippen LogP contribution in [0, 0.1) is 0 Å². The van der Waals surface area contributed by atoms with E-state index in [1.807, 2.05) is 18.2 Å². The Morgan fingerprint density at radius 1 is 1.35 bits per heavy atom. The molecule has 2 atom stereocenters. The van der Waals surface area contributed by atoms with Gasteiger partial charge in [-0.2, -0.15) is 0 Å². The average molecular weight is 356 g/mol. The molecule has 3 rings (SSSR count). The molecule has 0 bridgehead atoms. The lowest BCUT2D eigenvalue weighted by atomic mass is 10.0. The van der Waals surface area contributed by atoms with E-state index in [0.717, 1.165) is 24.3 Å². The van der Waals surface area contributed by atoms with E-state index in [1.165, 1.54) is 5.56 Å². The topological polar surface area (TPSA) is 71.0 Å². The van der Waals surface area contributed by atoms with Gasteiger partial charge in [0.15, 0.2) is 0 Å². The lowest BCUT2D eigenvalue weighted by Gasteiger charge is -2.22. The van der Waals surface area contributed by atoms with Crippen molar-refractivity contribution in [1.29, 1.82) is 0 Å². The zero-order chi connectivity index (χ0) is 18.5. The molecule has 0 saturated carbocycles. The van der Waals surface area contributed by atoms with Crippen molar-refractivity contribution < 1.29 is 19.4 Å². The Labute approximate surface area is 153 Å². The monoisotopic (exact) mass is 356 g/mol. The van der Waals surface area contributed by atoms with Crippen LogP contribution in [0.4, 0.5) is 5.69 Å². The Morgan fingerprint density at radius 2 is 2.12 bits per heavy atom. The maximum Gasteiger partial charge on any atom is 0.211 e. The van der Waals surface area contributed by atoms with E-state index in [4.69, 9.17) is 9.47 Å². The highest BCUT2D eigenvalue weighted by atomic mass is 16.5. The van der Waals surface area contributed by atoms with Crippen molar-refractivity contribution in [3.63, 3.8) is 0 Å². The van der Waals surface area contributed by atoms with Crippen LogP contribution in [0.25, 0.3) is 0 Å².